The highest BCUT2D eigenvalue weighted by Crippen LogP contribution is 2.27. The quantitative estimate of drug-likeness (QED) is 0.612. The second-order valence-corrected chi connectivity index (χ2v) is 11.8. The van der Waals surface area contributed by atoms with Crippen LogP contribution in [0.3, 0.4) is 0 Å². The van der Waals surface area contributed by atoms with Crippen LogP contribution in [0.4, 0.5) is 0 Å². The molecule has 8 heteroatoms. The number of aryl methyl sites for hydroxylation is 2. The van der Waals surface area contributed by atoms with Crippen molar-refractivity contribution in [1.29, 1.82) is 0 Å². The molecule has 1 aliphatic rings. The maximum absolute atomic E-state index is 13.1. The molecule has 1 aliphatic heterocycles. The minimum atomic E-state index is -3.89. The largest absolute Gasteiger partial charge is 0.339 e. The number of rotatable bonds is 5. The molecule has 33 heavy (non-hydrogen) atoms. The average molecular weight is 491 g/mol. The molecule has 0 atom stereocenters. The Balaban J connectivity index is 1.73. The van der Waals surface area contributed by atoms with E-state index >= 15 is 0 Å². The third kappa shape index (κ3) is 6.02. The van der Waals surface area contributed by atoms with Gasteiger partial charge in [0.25, 0.3) is 5.91 Å². The van der Waals surface area contributed by atoms with Gasteiger partial charge in [-0.05, 0) is 71.2 Å². The third-order valence-corrected chi connectivity index (χ3v) is 7.95. The van der Waals surface area contributed by atoms with Crippen molar-refractivity contribution in [2.24, 2.45) is 5.92 Å². The molecule has 0 bridgehead atoms. The van der Waals surface area contributed by atoms with Crippen LogP contribution in [0, 0.1) is 19.8 Å². The smallest absolute Gasteiger partial charge is 0.253 e. The van der Waals surface area contributed by atoms with Crippen molar-refractivity contribution < 1.29 is 18.0 Å². The molecule has 0 unspecified atom stereocenters. The first kappa shape index (κ1) is 25.4. The normalized spacial score (nSPS) is 15.5. The predicted octanol–water partition coefficient (Wildman–Crippen LogP) is 4.77. The van der Waals surface area contributed by atoms with Crippen molar-refractivity contribution in [3.05, 3.63) is 63.7 Å². The van der Waals surface area contributed by atoms with E-state index in [1.54, 1.807) is 25.7 Å². The zero-order chi connectivity index (χ0) is 24.6. The van der Waals surface area contributed by atoms with Gasteiger partial charge in [-0.2, -0.15) is 0 Å². The molecule has 0 spiro atoms. The van der Waals surface area contributed by atoms with Gasteiger partial charge < -0.3 is 4.90 Å². The molecule has 178 valence electrons. The third-order valence-electron chi connectivity index (χ3n) is 5.71. The molecule has 2 aromatic rings. The molecular weight excluding hydrogens is 460 g/mol. The van der Waals surface area contributed by atoms with Crippen LogP contribution in [0.2, 0.25) is 5.02 Å². The lowest BCUT2D eigenvalue weighted by Gasteiger charge is -2.31. The summed E-state index contributed by atoms with van der Waals surface area (Å²) in [6.07, 6.45) is 1.14. The number of hydrogen-bond donors (Lipinski definition) is 1. The summed E-state index contributed by atoms with van der Waals surface area (Å²) in [5.74, 6) is -0.281. The summed E-state index contributed by atoms with van der Waals surface area (Å²) in [5.41, 5.74) is 2.40. The molecule has 2 aromatic carbocycles. The lowest BCUT2D eigenvalue weighted by molar-refractivity contribution is 0.0650. The van der Waals surface area contributed by atoms with Gasteiger partial charge in [-0.1, -0.05) is 35.4 Å². The van der Waals surface area contributed by atoms with Crippen molar-refractivity contribution in [3.63, 3.8) is 0 Å². The zero-order valence-corrected chi connectivity index (χ0v) is 21.3. The van der Waals surface area contributed by atoms with Crippen LogP contribution in [0.25, 0.3) is 0 Å². The van der Waals surface area contributed by atoms with E-state index in [-0.39, 0.29) is 33.1 Å². The standard InChI is InChI=1S/C25H31ClN2O4S/c1-16-6-8-20(17(2)14-16)23(29)18-10-12-28(13-11-18)24(30)19-7-9-21(26)22(15-19)33(31,32)27-25(3,4)5/h6-9,14-15,18,27H,10-13H2,1-5H3. The first-order valence-corrected chi connectivity index (χ1v) is 12.9. The molecule has 0 saturated carbocycles. The number of halogens is 1. The lowest BCUT2D eigenvalue weighted by atomic mass is 9.87. The molecular formula is C25H31ClN2O4S. The fourth-order valence-corrected chi connectivity index (χ4v) is 6.08. The Morgan fingerprint density at radius 2 is 1.67 bits per heavy atom. The number of hydrogen-bond acceptors (Lipinski definition) is 4. The van der Waals surface area contributed by atoms with Crippen LogP contribution in [-0.2, 0) is 10.0 Å². The summed E-state index contributed by atoms with van der Waals surface area (Å²) >= 11 is 6.15. The molecule has 3 rings (SSSR count). The van der Waals surface area contributed by atoms with Gasteiger partial charge in [-0.25, -0.2) is 13.1 Å². The van der Waals surface area contributed by atoms with Gasteiger partial charge >= 0.3 is 0 Å². The molecule has 1 saturated heterocycles. The van der Waals surface area contributed by atoms with Crippen molar-refractivity contribution in [1.82, 2.24) is 9.62 Å². The number of nitrogens with one attached hydrogen (secondary N) is 1. The van der Waals surface area contributed by atoms with Crippen molar-refractivity contribution in [2.75, 3.05) is 13.1 Å². The molecule has 1 fully saturated rings. The maximum atomic E-state index is 13.1. The minimum absolute atomic E-state index is 0.0565. The number of sulfonamides is 1. The molecule has 1 heterocycles. The number of carbonyl (C=O) groups excluding carboxylic acids is 2. The number of ketones is 1. The Labute approximate surface area is 201 Å². The Morgan fingerprint density at radius 3 is 2.24 bits per heavy atom. The van der Waals surface area contributed by atoms with Crippen molar-refractivity contribution in [3.8, 4) is 0 Å². The van der Waals surface area contributed by atoms with Crippen LogP contribution < -0.4 is 4.72 Å². The highest BCUT2D eigenvalue weighted by Gasteiger charge is 2.30. The molecule has 1 amide bonds. The minimum Gasteiger partial charge on any atom is -0.339 e. The maximum Gasteiger partial charge on any atom is 0.253 e. The Hall–Kier alpha value is -2.22. The van der Waals surface area contributed by atoms with Crippen LogP contribution in [-0.4, -0.2) is 43.6 Å². The van der Waals surface area contributed by atoms with Crippen molar-refractivity contribution >= 4 is 33.3 Å². The molecule has 1 N–H and O–H groups in total. The number of benzene rings is 2. The van der Waals surface area contributed by atoms with Gasteiger partial charge in [-0.15, -0.1) is 0 Å². The SMILES string of the molecule is Cc1ccc(C(=O)C2CCN(C(=O)c3ccc(Cl)c(S(=O)(=O)NC(C)(C)C)c3)CC2)c(C)c1. The number of Topliss-reactive ketones (excluding diaryl/α,β-unsaturated/α-hetero) is 1. The number of piperidine rings is 1. The Bertz CT molecular complexity index is 1180. The highest BCUT2D eigenvalue weighted by molar-refractivity contribution is 7.89. The van der Waals surface area contributed by atoms with Crippen LogP contribution >= 0.6 is 11.6 Å². The fourth-order valence-electron chi connectivity index (χ4n) is 4.14. The van der Waals surface area contributed by atoms with Gasteiger partial charge in [0.15, 0.2) is 5.78 Å². The van der Waals surface area contributed by atoms with Crippen LogP contribution in [0.5, 0.6) is 0 Å². The first-order valence-electron chi connectivity index (χ1n) is 11.0. The summed E-state index contributed by atoms with van der Waals surface area (Å²) in [5, 5.41) is 0.0565. The van der Waals surface area contributed by atoms with Gasteiger partial charge in [0, 0.05) is 35.7 Å². The van der Waals surface area contributed by atoms with E-state index in [1.165, 1.54) is 18.2 Å². The van der Waals surface area contributed by atoms with E-state index in [1.807, 2.05) is 32.0 Å². The Kier molecular flexibility index (Phi) is 7.36. The molecule has 0 aliphatic carbocycles. The fraction of sp³-hybridized carbons (Fsp3) is 0.440. The predicted molar refractivity (Wildman–Crippen MR) is 130 cm³/mol. The summed E-state index contributed by atoms with van der Waals surface area (Å²) in [6.45, 7) is 10.0. The number of nitrogens with zero attached hydrogens (tertiary/aromatic N) is 1. The summed E-state index contributed by atoms with van der Waals surface area (Å²) < 4.78 is 28.1. The second kappa shape index (κ2) is 9.57. The molecule has 0 aromatic heterocycles. The van der Waals surface area contributed by atoms with E-state index in [0.29, 0.717) is 25.9 Å². The van der Waals surface area contributed by atoms with E-state index in [4.69, 9.17) is 11.6 Å². The van der Waals surface area contributed by atoms with Gasteiger partial charge in [-0.3, -0.25) is 9.59 Å². The molecule has 0 radical (unpaired) electrons. The topological polar surface area (TPSA) is 83.6 Å². The monoisotopic (exact) mass is 490 g/mol. The summed E-state index contributed by atoms with van der Waals surface area (Å²) in [6, 6.07) is 10.1. The summed E-state index contributed by atoms with van der Waals surface area (Å²) in [4.78, 5) is 27.6. The number of likely N-dealkylation sites (tertiary alicyclic amines) is 1. The van der Waals surface area contributed by atoms with E-state index < -0.39 is 15.6 Å². The summed E-state index contributed by atoms with van der Waals surface area (Å²) in [7, 11) is -3.89. The van der Waals surface area contributed by atoms with Crippen LogP contribution in [0.1, 0.15) is 65.5 Å². The van der Waals surface area contributed by atoms with E-state index in [2.05, 4.69) is 4.72 Å². The lowest BCUT2D eigenvalue weighted by Crippen LogP contribution is -2.41. The van der Waals surface area contributed by atoms with Crippen molar-refractivity contribution in [2.45, 2.75) is 57.9 Å². The van der Waals surface area contributed by atoms with Gasteiger partial charge in [0.2, 0.25) is 10.0 Å². The van der Waals surface area contributed by atoms with E-state index in [0.717, 1.165) is 16.7 Å². The molecule has 6 nitrogen and oxygen atoms in total. The van der Waals surface area contributed by atoms with E-state index in [9.17, 15) is 18.0 Å². The highest BCUT2D eigenvalue weighted by atomic mass is 35.5. The Morgan fingerprint density at radius 1 is 1.03 bits per heavy atom. The first-order chi connectivity index (χ1) is 15.3. The second-order valence-electron chi connectivity index (χ2n) is 9.75. The van der Waals surface area contributed by atoms with Gasteiger partial charge in [0.05, 0.1) is 5.02 Å². The zero-order valence-electron chi connectivity index (χ0n) is 19.7. The number of carbonyl (C=O) groups is 2. The number of amides is 1. The van der Waals surface area contributed by atoms with Gasteiger partial charge in [0.1, 0.15) is 4.90 Å². The average Bonchev–Trinajstić information content (AvgIpc) is 2.71. The van der Waals surface area contributed by atoms with Crippen LogP contribution in [0.15, 0.2) is 41.3 Å².